The number of rotatable bonds is 1. The Hall–Kier alpha value is -1.04. The van der Waals surface area contributed by atoms with E-state index in [1.807, 2.05) is 18.2 Å². The summed E-state index contributed by atoms with van der Waals surface area (Å²) in [6.07, 6.45) is 1.67. The predicted molar refractivity (Wildman–Crippen MR) is 61.1 cm³/mol. The number of aromatic nitrogens is 1. The second-order valence-corrected chi connectivity index (χ2v) is 3.17. The molecular formula is C9H7IN2O. The van der Waals surface area contributed by atoms with Gasteiger partial charge in [0.1, 0.15) is 11.3 Å². The third-order valence-corrected chi connectivity index (χ3v) is 2.43. The van der Waals surface area contributed by atoms with Crippen LogP contribution in [0.15, 0.2) is 30.5 Å². The van der Waals surface area contributed by atoms with E-state index in [0.29, 0.717) is 5.52 Å². The van der Waals surface area contributed by atoms with E-state index >= 15 is 0 Å². The molecule has 2 N–H and O–H groups in total. The summed E-state index contributed by atoms with van der Waals surface area (Å²) in [5.74, 6) is 0.214. The highest BCUT2D eigenvalue weighted by atomic mass is 127. The Bertz CT molecular complexity index is 445. The molecule has 0 saturated carbocycles. The van der Waals surface area contributed by atoms with Crippen LogP contribution in [0, 0.1) is 0 Å². The fraction of sp³-hybridized carbons (Fsp3) is 0. The van der Waals surface area contributed by atoms with Gasteiger partial charge in [-0.25, -0.2) is 0 Å². The van der Waals surface area contributed by atoms with Crippen LogP contribution in [0.5, 0.6) is 5.75 Å². The molecule has 1 aromatic heterocycles. The van der Waals surface area contributed by atoms with E-state index in [1.165, 1.54) is 0 Å². The summed E-state index contributed by atoms with van der Waals surface area (Å²) in [7, 11) is 0. The van der Waals surface area contributed by atoms with Crippen molar-refractivity contribution in [3.63, 3.8) is 0 Å². The molecule has 66 valence electrons. The number of nitrogens with one attached hydrogen (secondary N) is 1. The third-order valence-electron chi connectivity index (χ3n) is 1.85. The van der Waals surface area contributed by atoms with E-state index < -0.39 is 0 Å². The first-order valence-electron chi connectivity index (χ1n) is 3.76. The van der Waals surface area contributed by atoms with E-state index in [4.69, 9.17) is 0 Å². The molecule has 2 rings (SSSR count). The average molecular weight is 286 g/mol. The van der Waals surface area contributed by atoms with Crippen molar-refractivity contribution in [3.8, 4) is 5.75 Å². The maximum absolute atomic E-state index is 9.50. The van der Waals surface area contributed by atoms with Crippen LogP contribution in [0.25, 0.3) is 10.9 Å². The lowest BCUT2D eigenvalue weighted by atomic mass is 10.2. The van der Waals surface area contributed by atoms with Gasteiger partial charge in [-0.1, -0.05) is 0 Å². The number of pyridine rings is 1. The van der Waals surface area contributed by atoms with Gasteiger partial charge in [0.25, 0.3) is 0 Å². The zero-order valence-electron chi connectivity index (χ0n) is 6.66. The van der Waals surface area contributed by atoms with Crippen molar-refractivity contribution in [3.05, 3.63) is 30.5 Å². The van der Waals surface area contributed by atoms with E-state index in [0.717, 1.165) is 11.1 Å². The first-order valence-corrected chi connectivity index (χ1v) is 4.84. The summed E-state index contributed by atoms with van der Waals surface area (Å²) in [6, 6.07) is 7.23. The topological polar surface area (TPSA) is 45.1 Å². The van der Waals surface area contributed by atoms with E-state index in [-0.39, 0.29) is 5.75 Å². The standard InChI is InChI=1S/C9H7IN2O/c10-12-7-3-4-8(13)9-6(7)2-1-5-11-9/h1-5,12-13H. The SMILES string of the molecule is Oc1ccc(NI)c2cccnc12. The van der Waals surface area contributed by atoms with Gasteiger partial charge in [0.05, 0.1) is 28.6 Å². The van der Waals surface area contributed by atoms with Crippen molar-refractivity contribution in [1.82, 2.24) is 4.98 Å². The van der Waals surface area contributed by atoms with Crippen LogP contribution in [-0.2, 0) is 0 Å². The summed E-state index contributed by atoms with van der Waals surface area (Å²) in [6.45, 7) is 0. The van der Waals surface area contributed by atoms with Gasteiger partial charge in [-0.3, -0.25) is 4.98 Å². The van der Waals surface area contributed by atoms with E-state index in [2.05, 4.69) is 31.4 Å². The first-order chi connectivity index (χ1) is 6.33. The minimum atomic E-state index is 0.214. The van der Waals surface area contributed by atoms with Gasteiger partial charge in [0, 0.05) is 11.6 Å². The molecular weight excluding hydrogens is 279 g/mol. The van der Waals surface area contributed by atoms with Crippen molar-refractivity contribution in [1.29, 1.82) is 0 Å². The molecule has 0 radical (unpaired) electrons. The Morgan fingerprint density at radius 2 is 2.15 bits per heavy atom. The van der Waals surface area contributed by atoms with Gasteiger partial charge < -0.3 is 8.64 Å². The number of phenolic OH excluding ortho intramolecular Hbond substituents is 1. The molecule has 0 spiro atoms. The molecule has 4 heteroatoms. The number of hydrogen-bond acceptors (Lipinski definition) is 3. The quantitative estimate of drug-likeness (QED) is 0.481. The Labute approximate surface area is 89.3 Å². The van der Waals surface area contributed by atoms with Crippen LogP contribution >= 0.6 is 22.9 Å². The molecule has 0 unspecified atom stereocenters. The number of phenols is 1. The van der Waals surface area contributed by atoms with Gasteiger partial charge in [-0.15, -0.1) is 0 Å². The average Bonchev–Trinajstić information content (AvgIpc) is 2.19. The smallest absolute Gasteiger partial charge is 0.141 e. The molecule has 0 fully saturated rings. The van der Waals surface area contributed by atoms with Gasteiger partial charge in [-0.2, -0.15) is 0 Å². The number of anilines is 1. The number of fused-ring (bicyclic) bond motifs is 1. The zero-order valence-corrected chi connectivity index (χ0v) is 8.82. The van der Waals surface area contributed by atoms with Gasteiger partial charge in [0.15, 0.2) is 0 Å². The third kappa shape index (κ3) is 1.41. The highest BCUT2D eigenvalue weighted by molar-refractivity contribution is 14.1. The molecule has 0 aliphatic carbocycles. The number of halogens is 1. The van der Waals surface area contributed by atoms with Crippen LogP contribution in [0.4, 0.5) is 5.69 Å². The van der Waals surface area contributed by atoms with E-state index in [9.17, 15) is 5.11 Å². The van der Waals surface area contributed by atoms with Crippen LogP contribution < -0.4 is 3.53 Å². The number of benzene rings is 1. The number of hydrogen-bond donors (Lipinski definition) is 2. The van der Waals surface area contributed by atoms with Gasteiger partial charge in [-0.05, 0) is 24.3 Å². The molecule has 2 aromatic rings. The van der Waals surface area contributed by atoms with Crippen molar-refractivity contribution in [2.24, 2.45) is 0 Å². The maximum atomic E-state index is 9.50. The lowest BCUT2D eigenvalue weighted by Gasteiger charge is -2.04. The zero-order chi connectivity index (χ0) is 9.26. The largest absolute Gasteiger partial charge is 0.506 e. The maximum Gasteiger partial charge on any atom is 0.141 e. The molecule has 13 heavy (non-hydrogen) atoms. The van der Waals surface area contributed by atoms with Crippen LogP contribution in [-0.4, -0.2) is 10.1 Å². The van der Waals surface area contributed by atoms with Gasteiger partial charge in [0.2, 0.25) is 0 Å². The molecule has 1 aromatic carbocycles. The normalized spacial score (nSPS) is 10.2. The molecule has 3 nitrogen and oxygen atoms in total. The summed E-state index contributed by atoms with van der Waals surface area (Å²) < 4.78 is 3.02. The molecule has 1 heterocycles. The van der Waals surface area contributed by atoms with E-state index in [1.54, 1.807) is 12.3 Å². The van der Waals surface area contributed by atoms with Crippen LogP contribution in [0.1, 0.15) is 0 Å². The number of nitrogens with zero attached hydrogens (tertiary/aromatic N) is 1. The summed E-state index contributed by atoms with van der Waals surface area (Å²) in [4.78, 5) is 4.10. The molecule has 0 aliphatic heterocycles. The van der Waals surface area contributed by atoms with Crippen molar-refractivity contribution in [2.45, 2.75) is 0 Å². The molecule has 0 bridgehead atoms. The van der Waals surface area contributed by atoms with Crippen molar-refractivity contribution < 1.29 is 5.11 Å². The van der Waals surface area contributed by atoms with Crippen LogP contribution in [0.3, 0.4) is 0 Å². The monoisotopic (exact) mass is 286 g/mol. The Balaban J connectivity index is 2.84. The lowest BCUT2D eigenvalue weighted by molar-refractivity contribution is 0.480. The highest BCUT2D eigenvalue weighted by Gasteiger charge is 2.03. The fourth-order valence-corrected chi connectivity index (χ4v) is 1.71. The van der Waals surface area contributed by atoms with Crippen molar-refractivity contribution >= 4 is 39.5 Å². The first kappa shape index (κ1) is 8.55. The van der Waals surface area contributed by atoms with Crippen molar-refractivity contribution in [2.75, 3.05) is 3.53 Å². The second-order valence-electron chi connectivity index (χ2n) is 2.63. The Kier molecular flexibility index (Phi) is 2.22. The minimum Gasteiger partial charge on any atom is -0.506 e. The highest BCUT2D eigenvalue weighted by Crippen LogP contribution is 2.29. The Morgan fingerprint density at radius 3 is 2.92 bits per heavy atom. The lowest BCUT2D eigenvalue weighted by Crippen LogP contribution is -1.84. The minimum absolute atomic E-state index is 0.214. The Morgan fingerprint density at radius 1 is 1.31 bits per heavy atom. The second kappa shape index (κ2) is 3.37. The molecule has 0 aliphatic rings. The number of aromatic hydroxyl groups is 1. The van der Waals surface area contributed by atoms with Gasteiger partial charge >= 0.3 is 0 Å². The van der Waals surface area contributed by atoms with Crippen LogP contribution in [0.2, 0.25) is 0 Å². The summed E-state index contributed by atoms with van der Waals surface area (Å²) in [5, 5.41) is 10.4. The predicted octanol–water partition coefficient (Wildman–Crippen LogP) is 2.70. The summed E-state index contributed by atoms with van der Waals surface area (Å²) >= 11 is 2.05. The molecule has 0 amide bonds. The molecule has 0 atom stereocenters. The summed E-state index contributed by atoms with van der Waals surface area (Å²) in [5.41, 5.74) is 1.59. The molecule has 0 saturated heterocycles. The fourth-order valence-electron chi connectivity index (χ4n) is 1.24.